The third-order valence-electron chi connectivity index (χ3n) is 2.56. The summed E-state index contributed by atoms with van der Waals surface area (Å²) in [5.74, 6) is -0.976. The average molecular weight is 330 g/mol. The molecule has 1 aromatic carbocycles. The van der Waals surface area contributed by atoms with Gasteiger partial charge in [0, 0.05) is 23.5 Å². The summed E-state index contributed by atoms with van der Waals surface area (Å²) in [5, 5.41) is 13.5. The molecule has 0 aliphatic heterocycles. The fourth-order valence-electron chi connectivity index (χ4n) is 1.71. The van der Waals surface area contributed by atoms with Gasteiger partial charge in [0.05, 0.1) is 7.11 Å². The first-order valence-corrected chi connectivity index (χ1v) is 6.90. The molecule has 0 saturated carbocycles. The summed E-state index contributed by atoms with van der Waals surface area (Å²) in [4.78, 5) is 22.6. The molecule has 104 valence electrons. The minimum Gasteiger partial charge on any atom is -0.507 e. The highest BCUT2D eigenvalue weighted by Crippen LogP contribution is 2.31. The lowest BCUT2D eigenvalue weighted by Gasteiger charge is -2.14. The molecule has 0 saturated heterocycles. The van der Waals surface area contributed by atoms with E-state index in [1.807, 2.05) is 0 Å². The van der Waals surface area contributed by atoms with Crippen LogP contribution in [0.2, 0.25) is 0 Å². The number of hydrogen-bond donors (Lipinski definition) is 2. The van der Waals surface area contributed by atoms with Crippen molar-refractivity contribution in [3.05, 3.63) is 23.3 Å². The maximum absolute atomic E-state index is 11.5. The summed E-state index contributed by atoms with van der Waals surface area (Å²) in [6.07, 6.45) is 1.31. The standard InChI is InChI=1S/C13H16BrNO4/c1-8(16)15-11-6-5-10(13(18)19-2)12(17)9(11)4-3-7-14/h5-6,17H,3-4,7H2,1-2H3,(H,15,16). The Bertz CT molecular complexity index is 488. The summed E-state index contributed by atoms with van der Waals surface area (Å²) in [7, 11) is 1.25. The van der Waals surface area contributed by atoms with Crippen LogP contribution in [-0.4, -0.2) is 29.4 Å². The SMILES string of the molecule is COC(=O)c1ccc(NC(C)=O)c(CCCBr)c1O. The first-order chi connectivity index (χ1) is 9.01. The van der Waals surface area contributed by atoms with Crippen LogP contribution in [0, 0.1) is 0 Å². The molecule has 0 unspecified atom stereocenters. The number of carbonyl (C=O) groups is 2. The van der Waals surface area contributed by atoms with E-state index in [4.69, 9.17) is 0 Å². The predicted molar refractivity (Wildman–Crippen MR) is 75.9 cm³/mol. The Morgan fingerprint density at radius 3 is 2.63 bits per heavy atom. The van der Waals surface area contributed by atoms with E-state index >= 15 is 0 Å². The van der Waals surface area contributed by atoms with Crippen molar-refractivity contribution in [3.63, 3.8) is 0 Å². The number of alkyl halides is 1. The van der Waals surface area contributed by atoms with Crippen molar-refractivity contribution in [3.8, 4) is 5.75 Å². The second kappa shape index (κ2) is 7.13. The molecule has 0 atom stereocenters. The quantitative estimate of drug-likeness (QED) is 0.642. The first kappa shape index (κ1) is 15.5. The molecule has 0 spiro atoms. The molecule has 1 aromatic rings. The Balaban J connectivity index is 3.22. The smallest absolute Gasteiger partial charge is 0.341 e. The Hall–Kier alpha value is -1.56. The zero-order valence-corrected chi connectivity index (χ0v) is 12.4. The van der Waals surface area contributed by atoms with Gasteiger partial charge in [0.1, 0.15) is 11.3 Å². The zero-order chi connectivity index (χ0) is 14.4. The number of hydrogen-bond acceptors (Lipinski definition) is 4. The fourth-order valence-corrected chi connectivity index (χ4v) is 1.99. The van der Waals surface area contributed by atoms with Crippen molar-refractivity contribution in [2.24, 2.45) is 0 Å². The second-order valence-electron chi connectivity index (χ2n) is 3.95. The molecule has 0 aromatic heterocycles. The number of aromatic hydroxyl groups is 1. The number of halogens is 1. The van der Waals surface area contributed by atoms with E-state index in [0.717, 1.165) is 11.8 Å². The van der Waals surface area contributed by atoms with Crippen molar-refractivity contribution in [1.82, 2.24) is 0 Å². The van der Waals surface area contributed by atoms with Gasteiger partial charge in [0.15, 0.2) is 0 Å². The summed E-state index contributed by atoms with van der Waals surface area (Å²) in [6.45, 7) is 1.39. The third kappa shape index (κ3) is 3.96. The third-order valence-corrected chi connectivity index (χ3v) is 3.12. The van der Waals surface area contributed by atoms with Crippen LogP contribution in [0.25, 0.3) is 0 Å². The number of esters is 1. The lowest BCUT2D eigenvalue weighted by molar-refractivity contribution is -0.114. The van der Waals surface area contributed by atoms with Crippen LogP contribution in [-0.2, 0) is 16.0 Å². The molecule has 0 aliphatic carbocycles. The van der Waals surface area contributed by atoms with E-state index < -0.39 is 5.97 Å². The molecule has 0 aliphatic rings. The number of rotatable bonds is 5. The van der Waals surface area contributed by atoms with Crippen LogP contribution >= 0.6 is 15.9 Å². The van der Waals surface area contributed by atoms with Gasteiger partial charge in [0.2, 0.25) is 5.91 Å². The van der Waals surface area contributed by atoms with E-state index in [1.165, 1.54) is 20.1 Å². The summed E-state index contributed by atoms with van der Waals surface area (Å²) >= 11 is 3.31. The molecule has 1 rings (SSSR count). The van der Waals surface area contributed by atoms with Crippen LogP contribution in [0.3, 0.4) is 0 Å². The molecular weight excluding hydrogens is 314 g/mol. The number of nitrogens with one attached hydrogen (secondary N) is 1. The molecule has 0 fully saturated rings. The number of methoxy groups -OCH3 is 1. The number of phenols is 1. The Labute approximate surface area is 120 Å². The number of benzene rings is 1. The Morgan fingerprint density at radius 2 is 2.11 bits per heavy atom. The van der Waals surface area contributed by atoms with Gasteiger partial charge in [-0.15, -0.1) is 0 Å². The van der Waals surface area contributed by atoms with Crippen molar-refractivity contribution in [2.45, 2.75) is 19.8 Å². The highest BCUT2D eigenvalue weighted by molar-refractivity contribution is 9.09. The molecule has 0 radical (unpaired) electrons. The van der Waals surface area contributed by atoms with Crippen molar-refractivity contribution in [1.29, 1.82) is 0 Å². The van der Waals surface area contributed by atoms with E-state index in [1.54, 1.807) is 6.07 Å². The molecule has 6 heteroatoms. The summed E-state index contributed by atoms with van der Waals surface area (Å²) in [5.41, 5.74) is 1.15. The zero-order valence-electron chi connectivity index (χ0n) is 10.8. The maximum atomic E-state index is 11.5. The van der Waals surface area contributed by atoms with Crippen molar-refractivity contribution >= 4 is 33.5 Å². The van der Waals surface area contributed by atoms with E-state index in [9.17, 15) is 14.7 Å². The lowest BCUT2D eigenvalue weighted by Crippen LogP contribution is -2.10. The molecular formula is C13H16BrNO4. The van der Waals surface area contributed by atoms with Gasteiger partial charge in [-0.1, -0.05) is 15.9 Å². The van der Waals surface area contributed by atoms with Gasteiger partial charge in [-0.2, -0.15) is 0 Å². The van der Waals surface area contributed by atoms with E-state index in [-0.39, 0.29) is 17.2 Å². The average Bonchev–Trinajstić information content (AvgIpc) is 2.37. The van der Waals surface area contributed by atoms with Crippen LogP contribution in [0.5, 0.6) is 5.75 Å². The molecule has 1 amide bonds. The lowest BCUT2D eigenvalue weighted by atomic mass is 10.0. The van der Waals surface area contributed by atoms with Gasteiger partial charge in [-0.25, -0.2) is 4.79 Å². The van der Waals surface area contributed by atoms with Crippen LogP contribution in [0.4, 0.5) is 5.69 Å². The fraction of sp³-hybridized carbons (Fsp3) is 0.385. The van der Waals surface area contributed by atoms with Crippen molar-refractivity contribution < 1.29 is 19.4 Å². The first-order valence-electron chi connectivity index (χ1n) is 5.78. The number of amides is 1. The Kier molecular flexibility index (Phi) is 5.82. The normalized spacial score (nSPS) is 10.1. The maximum Gasteiger partial charge on any atom is 0.341 e. The van der Waals surface area contributed by atoms with Crippen molar-refractivity contribution in [2.75, 3.05) is 17.8 Å². The van der Waals surface area contributed by atoms with Gasteiger partial charge < -0.3 is 15.2 Å². The second-order valence-corrected chi connectivity index (χ2v) is 4.75. The number of carbonyl (C=O) groups excluding carboxylic acids is 2. The highest BCUT2D eigenvalue weighted by Gasteiger charge is 2.18. The summed E-state index contributed by atoms with van der Waals surface area (Å²) < 4.78 is 4.60. The van der Waals surface area contributed by atoms with Crippen LogP contribution < -0.4 is 5.32 Å². The number of phenolic OH excluding ortho intramolecular Hbond substituents is 1. The Morgan fingerprint density at radius 1 is 1.42 bits per heavy atom. The van der Waals surface area contributed by atoms with Gasteiger partial charge in [-0.05, 0) is 25.0 Å². The minimum atomic E-state index is -0.605. The molecule has 0 bridgehead atoms. The molecule has 2 N–H and O–H groups in total. The minimum absolute atomic E-state index is 0.0983. The molecule has 19 heavy (non-hydrogen) atoms. The molecule has 5 nitrogen and oxygen atoms in total. The molecule has 0 heterocycles. The van der Waals surface area contributed by atoms with Crippen LogP contribution in [0.1, 0.15) is 29.3 Å². The number of ether oxygens (including phenoxy) is 1. The monoisotopic (exact) mass is 329 g/mol. The van der Waals surface area contributed by atoms with Crippen LogP contribution in [0.15, 0.2) is 12.1 Å². The highest BCUT2D eigenvalue weighted by atomic mass is 79.9. The van der Waals surface area contributed by atoms with E-state index in [2.05, 4.69) is 26.0 Å². The predicted octanol–water partition coefficient (Wildman–Crippen LogP) is 2.46. The van der Waals surface area contributed by atoms with E-state index in [0.29, 0.717) is 17.7 Å². The number of anilines is 1. The van der Waals surface area contributed by atoms with Gasteiger partial charge in [0.25, 0.3) is 0 Å². The summed E-state index contributed by atoms with van der Waals surface area (Å²) in [6, 6.07) is 3.03. The van der Waals surface area contributed by atoms with Gasteiger partial charge in [-0.3, -0.25) is 4.79 Å². The topological polar surface area (TPSA) is 75.6 Å². The largest absolute Gasteiger partial charge is 0.507 e. The van der Waals surface area contributed by atoms with Gasteiger partial charge >= 0.3 is 5.97 Å².